The van der Waals surface area contributed by atoms with Gasteiger partial charge in [-0.05, 0) is 62.8 Å². The van der Waals surface area contributed by atoms with E-state index in [0.29, 0.717) is 17.3 Å². The molecule has 0 saturated heterocycles. The van der Waals surface area contributed by atoms with Crippen LogP contribution in [0.5, 0.6) is 11.5 Å². The second-order valence-corrected chi connectivity index (χ2v) is 5.45. The predicted molar refractivity (Wildman–Crippen MR) is 84.3 cm³/mol. The van der Waals surface area contributed by atoms with E-state index in [1.165, 1.54) is 16.8 Å². The molecular formula is C15H11BrF2N4O2. The molecule has 124 valence electrons. The van der Waals surface area contributed by atoms with Crippen LogP contribution < -0.4 is 9.47 Å². The van der Waals surface area contributed by atoms with Crippen molar-refractivity contribution >= 4 is 15.9 Å². The minimum absolute atomic E-state index is 0.0628. The van der Waals surface area contributed by atoms with Crippen molar-refractivity contribution in [2.24, 2.45) is 0 Å². The molecule has 6 nitrogen and oxygen atoms in total. The SMILES string of the molecule is FC(F)Oc1ccc(-n2nnnc2COc2ccccc2Br)cc1. The highest BCUT2D eigenvalue weighted by atomic mass is 79.9. The third-order valence-corrected chi connectivity index (χ3v) is 3.69. The first kappa shape index (κ1) is 16.3. The molecule has 0 aliphatic carbocycles. The summed E-state index contributed by atoms with van der Waals surface area (Å²) in [5, 5.41) is 11.4. The molecule has 0 atom stereocenters. The number of hydrogen-bond donors (Lipinski definition) is 0. The zero-order valence-corrected chi connectivity index (χ0v) is 13.7. The first-order chi connectivity index (χ1) is 11.6. The summed E-state index contributed by atoms with van der Waals surface area (Å²) in [4.78, 5) is 0. The fourth-order valence-corrected chi connectivity index (χ4v) is 2.37. The number of para-hydroxylation sites is 1. The molecule has 1 heterocycles. The molecule has 9 heteroatoms. The van der Waals surface area contributed by atoms with Crippen molar-refractivity contribution in [3.05, 3.63) is 58.8 Å². The number of benzene rings is 2. The summed E-state index contributed by atoms with van der Waals surface area (Å²) < 4.78 is 36.6. The standard InChI is InChI=1S/C15H11BrF2N4O2/c16-12-3-1-2-4-13(12)23-9-14-19-20-21-22(14)10-5-7-11(8-6-10)24-15(17)18/h1-8,15H,9H2. The zero-order chi connectivity index (χ0) is 16.9. The van der Waals surface area contributed by atoms with E-state index in [1.54, 1.807) is 12.1 Å². The average Bonchev–Trinajstić information content (AvgIpc) is 3.03. The smallest absolute Gasteiger partial charge is 0.387 e. The summed E-state index contributed by atoms with van der Waals surface area (Å²) >= 11 is 3.39. The first-order valence-corrected chi connectivity index (χ1v) is 7.62. The van der Waals surface area contributed by atoms with Gasteiger partial charge in [0, 0.05) is 0 Å². The van der Waals surface area contributed by atoms with Crippen molar-refractivity contribution in [3.63, 3.8) is 0 Å². The minimum atomic E-state index is -2.86. The van der Waals surface area contributed by atoms with Gasteiger partial charge in [-0.2, -0.15) is 13.5 Å². The van der Waals surface area contributed by atoms with Gasteiger partial charge < -0.3 is 9.47 Å². The Morgan fingerprint density at radius 1 is 1.08 bits per heavy atom. The predicted octanol–water partition coefficient (Wildman–Crippen LogP) is 3.61. The first-order valence-electron chi connectivity index (χ1n) is 6.83. The van der Waals surface area contributed by atoms with Crippen molar-refractivity contribution in [1.82, 2.24) is 20.2 Å². The highest BCUT2D eigenvalue weighted by Gasteiger charge is 2.11. The van der Waals surface area contributed by atoms with Gasteiger partial charge in [0.2, 0.25) is 0 Å². The lowest BCUT2D eigenvalue weighted by Gasteiger charge is -2.09. The summed E-state index contributed by atoms with van der Waals surface area (Å²) in [5.41, 5.74) is 0.604. The van der Waals surface area contributed by atoms with Crippen LogP contribution in [-0.4, -0.2) is 26.8 Å². The third-order valence-electron chi connectivity index (χ3n) is 3.03. The van der Waals surface area contributed by atoms with E-state index in [-0.39, 0.29) is 12.4 Å². The average molecular weight is 397 g/mol. The van der Waals surface area contributed by atoms with Crippen LogP contribution in [0.25, 0.3) is 5.69 Å². The Labute approximate surface area is 144 Å². The van der Waals surface area contributed by atoms with Crippen LogP contribution in [0, 0.1) is 0 Å². The van der Waals surface area contributed by atoms with E-state index >= 15 is 0 Å². The molecule has 1 aromatic heterocycles. The van der Waals surface area contributed by atoms with E-state index in [9.17, 15) is 8.78 Å². The molecule has 0 amide bonds. The Hall–Kier alpha value is -2.55. The molecule has 0 N–H and O–H groups in total. The monoisotopic (exact) mass is 396 g/mol. The van der Waals surface area contributed by atoms with E-state index in [2.05, 4.69) is 36.2 Å². The summed E-state index contributed by atoms with van der Waals surface area (Å²) in [6.45, 7) is -2.72. The molecule has 0 aliphatic rings. The number of nitrogens with zero attached hydrogens (tertiary/aromatic N) is 4. The molecule has 0 saturated carbocycles. The highest BCUT2D eigenvalue weighted by molar-refractivity contribution is 9.10. The van der Waals surface area contributed by atoms with Crippen LogP contribution >= 0.6 is 15.9 Å². The van der Waals surface area contributed by atoms with Crippen molar-refractivity contribution in [3.8, 4) is 17.2 Å². The van der Waals surface area contributed by atoms with Gasteiger partial charge in [0.1, 0.15) is 18.1 Å². The molecule has 0 bridgehead atoms. The Kier molecular flexibility index (Phi) is 4.99. The van der Waals surface area contributed by atoms with Gasteiger partial charge >= 0.3 is 6.61 Å². The van der Waals surface area contributed by atoms with Crippen molar-refractivity contribution in [2.75, 3.05) is 0 Å². The number of hydrogen-bond acceptors (Lipinski definition) is 5. The zero-order valence-electron chi connectivity index (χ0n) is 12.1. The van der Waals surface area contributed by atoms with Crippen LogP contribution in [0.1, 0.15) is 5.82 Å². The molecule has 3 rings (SSSR count). The van der Waals surface area contributed by atoms with Gasteiger partial charge in [-0.15, -0.1) is 5.10 Å². The summed E-state index contributed by atoms with van der Waals surface area (Å²) in [7, 11) is 0. The molecule has 0 spiro atoms. The molecule has 24 heavy (non-hydrogen) atoms. The number of halogens is 3. The normalized spacial score (nSPS) is 10.8. The Balaban J connectivity index is 1.74. The molecule has 3 aromatic rings. The second-order valence-electron chi connectivity index (χ2n) is 4.60. The van der Waals surface area contributed by atoms with E-state index < -0.39 is 6.61 Å². The van der Waals surface area contributed by atoms with Crippen molar-refractivity contribution < 1.29 is 18.3 Å². The molecule has 0 fully saturated rings. The van der Waals surface area contributed by atoms with Gasteiger partial charge in [0.05, 0.1) is 10.2 Å². The number of tetrazole rings is 1. The maximum atomic E-state index is 12.2. The van der Waals surface area contributed by atoms with E-state index in [4.69, 9.17) is 4.74 Å². The fraction of sp³-hybridized carbons (Fsp3) is 0.133. The Bertz CT molecular complexity index is 811. The number of aromatic nitrogens is 4. The van der Waals surface area contributed by atoms with Crippen LogP contribution in [0.15, 0.2) is 53.0 Å². The quantitative estimate of drug-likeness (QED) is 0.636. The number of ether oxygens (including phenoxy) is 2. The van der Waals surface area contributed by atoms with Gasteiger partial charge in [0.25, 0.3) is 0 Å². The van der Waals surface area contributed by atoms with Gasteiger partial charge in [-0.1, -0.05) is 12.1 Å². The molecule has 0 radical (unpaired) electrons. The second kappa shape index (κ2) is 7.35. The Morgan fingerprint density at radius 3 is 2.54 bits per heavy atom. The largest absolute Gasteiger partial charge is 0.484 e. The summed E-state index contributed by atoms with van der Waals surface area (Å²) in [6, 6.07) is 13.4. The van der Waals surface area contributed by atoms with Crippen LogP contribution in [0.2, 0.25) is 0 Å². The van der Waals surface area contributed by atoms with Crippen molar-refractivity contribution in [2.45, 2.75) is 13.2 Å². The minimum Gasteiger partial charge on any atom is -0.484 e. The highest BCUT2D eigenvalue weighted by Crippen LogP contribution is 2.24. The van der Waals surface area contributed by atoms with Gasteiger partial charge in [-0.3, -0.25) is 0 Å². The molecule has 2 aromatic carbocycles. The molecule has 0 aliphatic heterocycles. The number of alkyl halides is 2. The topological polar surface area (TPSA) is 62.1 Å². The lowest BCUT2D eigenvalue weighted by molar-refractivity contribution is -0.0498. The van der Waals surface area contributed by atoms with Crippen LogP contribution in [0.3, 0.4) is 0 Å². The third kappa shape index (κ3) is 3.85. The van der Waals surface area contributed by atoms with Gasteiger partial charge in [0.15, 0.2) is 5.82 Å². The maximum absolute atomic E-state index is 12.2. The summed E-state index contributed by atoms with van der Waals surface area (Å²) in [6.07, 6.45) is 0. The lowest BCUT2D eigenvalue weighted by Crippen LogP contribution is -2.07. The fourth-order valence-electron chi connectivity index (χ4n) is 1.97. The maximum Gasteiger partial charge on any atom is 0.387 e. The number of rotatable bonds is 6. The van der Waals surface area contributed by atoms with Crippen LogP contribution in [-0.2, 0) is 6.61 Å². The molecule has 0 unspecified atom stereocenters. The van der Waals surface area contributed by atoms with E-state index in [1.807, 2.05) is 24.3 Å². The van der Waals surface area contributed by atoms with Crippen LogP contribution in [0.4, 0.5) is 8.78 Å². The van der Waals surface area contributed by atoms with Gasteiger partial charge in [-0.25, -0.2) is 0 Å². The lowest BCUT2D eigenvalue weighted by atomic mass is 10.3. The van der Waals surface area contributed by atoms with Crippen molar-refractivity contribution in [1.29, 1.82) is 0 Å². The Morgan fingerprint density at radius 2 is 1.83 bits per heavy atom. The summed E-state index contributed by atoms with van der Waals surface area (Å²) in [5.74, 6) is 1.19. The van der Waals surface area contributed by atoms with E-state index in [0.717, 1.165) is 4.47 Å². The molecular weight excluding hydrogens is 386 g/mol.